The Bertz CT molecular complexity index is 382. The molecule has 0 heterocycles. The minimum atomic E-state index is -1.99. The Morgan fingerprint density at radius 2 is 1.71 bits per heavy atom. The lowest BCUT2D eigenvalue weighted by Crippen LogP contribution is -2.41. The fourth-order valence-corrected chi connectivity index (χ4v) is 1.71. The second kappa shape index (κ2) is 13.9. The summed E-state index contributed by atoms with van der Waals surface area (Å²) in [6.07, 6.45) is 2.26. The fourth-order valence-electron chi connectivity index (χ4n) is 1.71. The molecule has 8 nitrogen and oxygen atoms in total. The molecule has 1 unspecified atom stereocenters. The van der Waals surface area contributed by atoms with Gasteiger partial charge in [-0.05, 0) is 18.9 Å². The average Bonchev–Trinajstić information content (AvgIpc) is 2.57. The highest BCUT2D eigenvalue weighted by atomic mass is 16.6. The van der Waals surface area contributed by atoms with Gasteiger partial charge in [0.2, 0.25) is 6.29 Å². The van der Waals surface area contributed by atoms with Gasteiger partial charge in [0.05, 0.1) is 25.7 Å². The zero-order valence-electron chi connectivity index (χ0n) is 14.0. The van der Waals surface area contributed by atoms with E-state index in [0.717, 1.165) is 25.7 Å². The maximum absolute atomic E-state index is 11.4. The van der Waals surface area contributed by atoms with Crippen molar-refractivity contribution in [2.75, 3.05) is 6.61 Å². The monoisotopic (exact) mass is 348 g/mol. The number of esters is 2. The van der Waals surface area contributed by atoms with Crippen molar-refractivity contribution in [2.45, 2.75) is 70.4 Å². The summed E-state index contributed by atoms with van der Waals surface area (Å²) in [6.45, 7) is 1.32. The van der Waals surface area contributed by atoms with Crippen molar-refractivity contribution in [2.24, 2.45) is 0 Å². The molecule has 0 radical (unpaired) electrons. The molecule has 0 fully saturated rings. The van der Waals surface area contributed by atoms with Gasteiger partial charge in [-0.15, -0.1) is 0 Å². The maximum Gasteiger partial charge on any atom is 0.311 e. The number of aliphatic hydroxyl groups is 4. The van der Waals surface area contributed by atoms with Gasteiger partial charge in [-0.3, -0.25) is 9.59 Å². The van der Waals surface area contributed by atoms with Crippen molar-refractivity contribution in [3.8, 4) is 0 Å². The van der Waals surface area contributed by atoms with Crippen LogP contribution in [0.5, 0.6) is 0 Å². The molecule has 0 aromatic carbocycles. The summed E-state index contributed by atoms with van der Waals surface area (Å²) in [5.41, 5.74) is 0. The molecule has 140 valence electrons. The number of allylic oxidation sites excluding steroid dienone is 1. The molecule has 0 saturated carbocycles. The molecule has 0 aliphatic rings. The van der Waals surface area contributed by atoms with Gasteiger partial charge in [0, 0.05) is 0 Å². The highest BCUT2D eigenvalue weighted by Crippen LogP contribution is 2.06. The topological polar surface area (TPSA) is 134 Å². The van der Waals surface area contributed by atoms with Crippen LogP contribution in [-0.2, 0) is 19.1 Å². The van der Waals surface area contributed by atoms with E-state index < -0.39 is 37.0 Å². The van der Waals surface area contributed by atoms with Crippen LogP contribution in [0.1, 0.15) is 51.9 Å². The summed E-state index contributed by atoms with van der Waals surface area (Å²) >= 11 is 0. The van der Waals surface area contributed by atoms with Crippen molar-refractivity contribution in [3.63, 3.8) is 0 Å². The number of unbranched alkanes of at least 4 members (excludes halogenated alkanes) is 4. The molecule has 0 spiro atoms. The van der Waals surface area contributed by atoms with Crippen LogP contribution >= 0.6 is 0 Å². The summed E-state index contributed by atoms with van der Waals surface area (Å²) in [5.74, 6) is -1.56. The van der Waals surface area contributed by atoms with Gasteiger partial charge in [0.1, 0.15) is 12.2 Å². The van der Waals surface area contributed by atoms with Crippen molar-refractivity contribution >= 4 is 11.9 Å². The van der Waals surface area contributed by atoms with E-state index in [0.29, 0.717) is 0 Å². The molecule has 0 amide bonds. The predicted molar refractivity (Wildman–Crippen MR) is 84.4 cm³/mol. The highest BCUT2D eigenvalue weighted by Gasteiger charge is 2.27. The molecule has 0 aliphatic heterocycles. The molecule has 0 aromatic rings. The number of hydrogen-bond donors (Lipinski definition) is 4. The van der Waals surface area contributed by atoms with E-state index in [9.17, 15) is 19.8 Å². The van der Waals surface area contributed by atoms with E-state index in [1.54, 1.807) is 6.08 Å². The minimum Gasteiger partial charge on any atom is -0.435 e. The molecule has 3 atom stereocenters. The molecule has 4 N–H and O–H groups in total. The maximum atomic E-state index is 11.4. The van der Waals surface area contributed by atoms with Crippen LogP contribution in [0.4, 0.5) is 0 Å². The number of carbonyl (C=O) groups excluding carboxylic acids is 2. The highest BCUT2D eigenvalue weighted by molar-refractivity contribution is 5.77. The second-order valence-corrected chi connectivity index (χ2v) is 5.33. The van der Waals surface area contributed by atoms with Crippen LogP contribution < -0.4 is 0 Å². The first-order valence-corrected chi connectivity index (χ1v) is 8.11. The Morgan fingerprint density at radius 1 is 1.04 bits per heavy atom. The van der Waals surface area contributed by atoms with Crippen molar-refractivity contribution in [1.82, 2.24) is 0 Å². The Morgan fingerprint density at radius 3 is 2.33 bits per heavy atom. The van der Waals surface area contributed by atoms with Crippen LogP contribution in [0, 0.1) is 0 Å². The third-order valence-electron chi connectivity index (χ3n) is 3.18. The first-order valence-electron chi connectivity index (χ1n) is 8.11. The Balaban J connectivity index is 3.85. The number of aliphatic hydroxyl groups excluding tert-OH is 4. The van der Waals surface area contributed by atoms with Crippen molar-refractivity contribution in [3.05, 3.63) is 12.3 Å². The molecular weight excluding hydrogens is 320 g/mol. The van der Waals surface area contributed by atoms with Gasteiger partial charge in [0.25, 0.3) is 0 Å². The quantitative estimate of drug-likeness (QED) is 0.162. The Hall–Kier alpha value is -1.48. The molecule has 0 rings (SSSR count). The lowest BCUT2D eigenvalue weighted by molar-refractivity contribution is -0.202. The van der Waals surface area contributed by atoms with Crippen molar-refractivity contribution in [1.29, 1.82) is 0 Å². The molecule has 0 aromatic heterocycles. The van der Waals surface area contributed by atoms with Gasteiger partial charge in [-0.25, -0.2) is 0 Å². The van der Waals surface area contributed by atoms with Gasteiger partial charge < -0.3 is 29.9 Å². The van der Waals surface area contributed by atoms with E-state index in [4.69, 9.17) is 14.9 Å². The molecule has 8 heteroatoms. The van der Waals surface area contributed by atoms with Gasteiger partial charge >= 0.3 is 11.9 Å². The Kier molecular flexibility index (Phi) is 13.1. The summed E-state index contributed by atoms with van der Waals surface area (Å²) in [7, 11) is 0. The van der Waals surface area contributed by atoms with E-state index in [1.807, 2.05) is 0 Å². The normalized spacial score (nSPS) is 15.0. The van der Waals surface area contributed by atoms with Crippen LogP contribution in [0.3, 0.4) is 0 Å². The second-order valence-electron chi connectivity index (χ2n) is 5.33. The first kappa shape index (κ1) is 22.5. The van der Waals surface area contributed by atoms with E-state index in [1.165, 1.54) is 12.7 Å². The van der Waals surface area contributed by atoms with Gasteiger partial charge in [0.15, 0.2) is 0 Å². The summed E-state index contributed by atoms with van der Waals surface area (Å²) < 4.78 is 9.23. The van der Waals surface area contributed by atoms with Crippen LogP contribution in [-0.4, -0.2) is 57.5 Å². The standard InChI is InChI=1S/C16H28O8/c1-2-3-4-5-6-7-10-23-13(19)8-9-14(20)24-16(22)15(21)12(18)11-17/h7,10,12,15-18,21-22H,2-6,8-9,11H2,1H3/t12-,15-,16?/m0/s1. The number of ether oxygens (including phenoxy) is 2. The van der Waals surface area contributed by atoms with Crippen molar-refractivity contribution < 1.29 is 39.5 Å². The van der Waals surface area contributed by atoms with Gasteiger partial charge in [-0.1, -0.05) is 26.2 Å². The number of rotatable bonds is 13. The Labute approximate surface area is 141 Å². The smallest absolute Gasteiger partial charge is 0.311 e. The third-order valence-corrected chi connectivity index (χ3v) is 3.18. The number of carbonyl (C=O) groups is 2. The molecular formula is C16H28O8. The summed E-state index contributed by atoms with van der Waals surface area (Å²) in [6, 6.07) is 0. The number of hydrogen-bond acceptors (Lipinski definition) is 8. The largest absolute Gasteiger partial charge is 0.435 e. The lowest BCUT2D eigenvalue weighted by Gasteiger charge is -2.21. The predicted octanol–water partition coefficient (Wildman–Crippen LogP) is 0.370. The molecule has 24 heavy (non-hydrogen) atoms. The van der Waals surface area contributed by atoms with Crippen LogP contribution in [0.15, 0.2) is 12.3 Å². The summed E-state index contributed by atoms with van der Waals surface area (Å²) in [5, 5.41) is 36.3. The average molecular weight is 348 g/mol. The fraction of sp³-hybridized carbons (Fsp3) is 0.750. The molecule has 0 bridgehead atoms. The van der Waals surface area contributed by atoms with Crippen LogP contribution in [0.25, 0.3) is 0 Å². The zero-order valence-corrected chi connectivity index (χ0v) is 14.0. The zero-order chi connectivity index (χ0) is 18.4. The van der Waals surface area contributed by atoms with Gasteiger partial charge in [-0.2, -0.15) is 0 Å². The van der Waals surface area contributed by atoms with Crippen LogP contribution in [0.2, 0.25) is 0 Å². The van der Waals surface area contributed by atoms with E-state index in [2.05, 4.69) is 11.7 Å². The molecule has 0 saturated heterocycles. The van der Waals surface area contributed by atoms with E-state index in [-0.39, 0.29) is 12.8 Å². The minimum absolute atomic E-state index is 0.246. The summed E-state index contributed by atoms with van der Waals surface area (Å²) in [4.78, 5) is 22.8. The first-order chi connectivity index (χ1) is 11.4. The third kappa shape index (κ3) is 11.1. The van der Waals surface area contributed by atoms with E-state index >= 15 is 0 Å². The SMILES string of the molecule is CCCCCCC=COC(=O)CCC(=O)OC(O)[C@@H](O)[C@@H](O)CO. The molecule has 0 aliphatic carbocycles. The lowest BCUT2D eigenvalue weighted by atomic mass is 10.1.